The number of aliphatic hydroxyl groups excluding tert-OH is 1. The van der Waals surface area contributed by atoms with Gasteiger partial charge >= 0.3 is 5.97 Å². The number of hydrogen-bond acceptors (Lipinski definition) is 7. The quantitative estimate of drug-likeness (QED) is 0.572. The van der Waals surface area contributed by atoms with Crippen molar-refractivity contribution >= 4 is 45.1 Å². The normalized spacial score (nSPS) is 17.1. The summed E-state index contributed by atoms with van der Waals surface area (Å²) >= 11 is 11.6. The number of benzene rings is 1. The van der Waals surface area contributed by atoms with E-state index in [1.165, 1.54) is 24.0 Å². The van der Waals surface area contributed by atoms with E-state index in [2.05, 4.69) is 4.72 Å². The second kappa shape index (κ2) is 9.86. The zero-order valence-electron chi connectivity index (χ0n) is 14.9. The summed E-state index contributed by atoms with van der Waals surface area (Å²) in [5.41, 5.74) is 0. The topological polar surface area (TPSA) is 122 Å². The Balaban J connectivity index is 2.03. The van der Waals surface area contributed by atoms with Crippen LogP contribution in [0.4, 0.5) is 0 Å². The molecule has 0 radical (unpaired) electrons. The van der Waals surface area contributed by atoms with Crippen molar-refractivity contribution in [1.29, 1.82) is 0 Å². The van der Waals surface area contributed by atoms with Crippen molar-refractivity contribution in [2.45, 2.75) is 24.0 Å². The molecule has 1 saturated heterocycles. The minimum absolute atomic E-state index is 0.0109. The van der Waals surface area contributed by atoms with Crippen molar-refractivity contribution in [1.82, 2.24) is 9.62 Å². The fraction of sp³-hybridized carbons (Fsp3) is 0.500. The number of morpholine rings is 1. The van der Waals surface area contributed by atoms with Gasteiger partial charge in [-0.25, -0.2) is 8.42 Å². The van der Waals surface area contributed by atoms with Gasteiger partial charge in [-0.2, -0.15) is 4.72 Å². The Kier molecular flexibility index (Phi) is 8.05. The van der Waals surface area contributed by atoms with Crippen molar-refractivity contribution in [3.8, 4) is 0 Å². The van der Waals surface area contributed by atoms with Crippen LogP contribution in [0.2, 0.25) is 10.0 Å². The van der Waals surface area contributed by atoms with E-state index < -0.39 is 40.7 Å². The van der Waals surface area contributed by atoms with Gasteiger partial charge in [-0.05, 0) is 25.1 Å². The van der Waals surface area contributed by atoms with E-state index in [9.17, 15) is 23.1 Å². The van der Waals surface area contributed by atoms with Gasteiger partial charge in [0.25, 0.3) is 5.91 Å². The molecule has 1 amide bonds. The van der Waals surface area contributed by atoms with E-state index in [1.54, 1.807) is 0 Å². The molecule has 0 spiro atoms. The van der Waals surface area contributed by atoms with Crippen LogP contribution in [0.3, 0.4) is 0 Å². The summed E-state index contributed by atoms with van der Waals surface area (Å²) in [6.07, 6.45) is -1.41. The van der Waals surface area contributed by atoms with E-state index in [0.717, 1.165) is 6.07 Å². The Morgan fingerprint density at radius 3 is 2.50 bits per heavy atom. The second-order valence-electron chi connectivity index (χ2n) is 6.02. The van der Waals surface area contributed by atoms with E-state index in [-0.39, 0.29) is 14.9 Å². The number of aliphatic hydroxyl groups is 1. The van der Waals surface area contributed by atoms with Crippen molar-refractivity contribution in [2.24, 2.45) is 0 Å². The Labute approximate surface area is 172 Å². The maximum absolute atomic E-state index is 12.5. The van der Waals surface area contributed by atoms with E-state index in [1.807, 2.05) is 0 Å². The van der Waals surface area contributed by atoms with Crippen molar-refractivity contribution in [2.75, 3.05) is 32.9 Å². The van der Waals surface area contributed by atoms with Crippen molar-refractivity contribution in [3.63, 3.8) is 0 Å². The molecule has 12 heteroatoms. The highest BCUT2D eigenvalue weighted by Crippen LogP contribution is 2.25. The first-order valence-electron chi connectivity index (χ1n) is 8.29. The molecule has 1 aromatic carbocycles. The average Bonchev–Trinajstić information content (AvgIpc) is 2.66. The number of nitrogens with zero attached hydrogens (tertiary/aromatic N) is 1. The molecule has 0 aliphatic carbocycles. The van der Waals surface area contributed by atoms with E-state index in [4.69, 9.17) is 32.7 Å². The standard InChI is InChI=1S/C16H20Cl2N2O7S/c1-10(21)15(16(23)27-9-14(22)20-4-6-26-7-5-20)19-28(24,25)11-2-3-12(17)13(18)8-11/h2-3,8,10,15,19,21H,4-7,9H2,1H3/t10-,15-/m0/s1. The Hall–Kier alpha value is -1.43. The van der Waals surface area contributed by atoms with Crippen LogP contribution >= 0.6 is 23.2 Å². The van der Waals surface area contributed by atoms with Crippen LogP contribution in [0.1, 0.15) is 6.92 Å². The summed E-state index contributed by atoms with van der Waals surface area (Å²) < 4.78 is 37.0. The molecule has 2 rings (SSSR count). The molecular weight excluding hydrogens is 435 g/mol. The molecule has 0 aromatic heterocycles. The number of amides is 1. The van der Waals surface area contributed by atoms with Gasteiger partial charge in [0, 0.05) is 13.1 Å². The predicted octanol–water partition coefficient (Wildman–Crippen LogP) is 0.423. The highest BCUT2D eigenvalue weighted by Gasteiger charge is 2.32. The lowest BCUT2D eigenvalue weighted by Crippen LogP contribution is -2.49. The van der Waals surface area contributed by atoms with Gasteiger partial charge in [-0.3, -0.25) is 9.59 Å². The molecule has 2 atom stereocenters. The third-order valence-electron chi connectivity index (χ3n) is 3.92. The largest absolute Gasteiger partial charge is 0.454 e. The van der Waals surface area contributed by atoms with E-state index >= 15 is 0 Å². The third-order valence-corrected chi connectivity index (χ3v) is 6.10. The predicted molar refractivity (Wildman–Crippen MR) is 101 cm³/mol. The van der Waals surface area contributed by atoms with Crippen molar-refractivity contribution in [3.05, 3.63) is 28.2 Å². The molecular formula is C16H20Cl2N2O7S. The lowest BCUT2D eigenvalue weighted by Gasteiger charge is -2.27. The molecule has 28 heavy (non-hydrogen) atoms. The number of ether oxygens (including phenoxy) is 2. The second-order valence-corrected chi connectivity index (χ2v) is 8.54. The SMILES string of the molecule is C[C@H](O)[C@H](NS(=O)(=O)c1ccc(Cl)c(Cl)c1)C(=O)OCC(=O)N1CCOCC1. The highest BCUT2D eigenvalue weighted by molar-refractivity contribution is 7.89. The van der Waals surface area contributed by atoms with Gasteiger partial charge in [0.15, 0.2) is 6.61 Å². The number of hydrogen-bond donors (Lipinski definition) is 2. The van der Waals surface area contributed by atoms with E-state index in [0.29, 0.717) is 26.3 Å². The Morgan fingerprint density at radius 1 is 1.29 bits per heavy atom. The molecule has 1 aromatic rings. The number of carbonyl (C=O) groups is 2. The molecule has 1 aliphatic heterocycles. The van der Waals surface area contributed by atoms with Crippen LogP contribution in [0, 0.1) is 0 Å². The fourth-order valence-electron chi connectivity index (χ4n) is 2.35. The molecule has 1 aliphatic rings. The molecule has 1 heterocycles. The first-order chi connectivity index (χ1) is 13.1. The molecule has 1 fully saturated rings. The molecule has 0 saturated carbocycles. The number of esters is 1. The lowest BCUT2D eigenvalue weighted by molar-refractivity contribution is -0.156. The number of halogens is 2. The Morgan fingerprint density at radius 2 is 1.93 bits per heavy atom. The van der Waals surface area contributed by atoms with Gasteiger partial charge in [-0.15, -0.1) is 0 Å². The van der Waals surface area contributed by atoms with Crippen LogP contribution in [-0.4, -0.2) is 75.4 Å². The van der Waals surface area contributed by atoms with Gasteiger partial charge in [0.2, 0.25) is 10.0 Å². The van der Waals surface area contributed by atoms with Crippen LogP contribution in [0.25, 0.3) is 0 Å². The molecule has 0 bridgehead atoms. The average molecular weight is 455 g/mol. The number of carbonyl (C=O) groups excluding carboxylic acids is 2. The Bertz CT molecular complexity index is 826. The summed E-state index contributed by atoms with van der Waals surface area (Å²) in [4.78, 5) is 25.5. The van der Waals surface area contributed by atoms with Crippen LogP contribution in [0.15, 0.2) is 23.1 Å². The maximum Gasteiger partial charge on any atom is 0.327 e. The zero-order valence-corrected chi connectivity index (χ0v) is 17.3. The number of rotatable bonds is 7. The molecule has 156 valence electrons. The first-order valence-corrected chi connectivity index (χ1v) is 10.5. The summed E-state index contributed by atoms with van der Waals surface area (Å²) in [7, 11) is -4.21. The zero-order chi connectivity index (χ0) is 20.9. The number of sulfonamides is 1. The summed E-state index contributed by atoms with van der Waals surface area (Å²) in [5.74, 6) is -1.52. The smallest absolute Gasteiger partial charge is 0.327 e. The van der Waals surface area contributed by atoms with Crippen molar-refractivity contribution < 1.29 is 32.6 Å². The van der Waals surface area contributed by atoms with Gasteiger partial charge < -0.3 is 19.5 Å². The van der Waals surface area contributed by atoms with Crippen LogP contribution in [-0.2, 0) is 29.1 Å². The summed E-state index contributed by atoms with van der Waals surface area (Å²) in [6.45, 7) is 2.17. The summed E-state index contributed by atoms with van der Waals surface area (Å²) in [5, 5.41) is 9.99. The third kappa shape index (κ3) is 6.03. The fourth-order valence-corrected chi connectivity index (χ4v) is 4.00. The number of nitrogens with one attached hydrogen (secondary N) is 1. The lowest BCUT2D eigenvalue weighted by atomic mass is 10.2. The highest BCUT2D eigenvalue weighted by atomic mass is 35.5. The van der Waals surface area contributed by atoms with Gasteiger partial charge in [0.05, 0.1) is 34.3 Å². The summed E-state index contributed by atoms with van der Waals surface area (Å²) in [6, 6.07) is 1.98. The first kappa shape index (κ1) is 22.9. The van der Waals surface area contributed by atoms with Gasteiger partial charge in [-0.1, -0.05) is 23.2 Å². The molecule has 0 unspecified atom stereocenters. The van der Waals surface area contributed by atoms with Gasteiger partial charge in [0.1, 0.15) is 6.04 Å². The minimum Gasteiger partial charge on any atom is -0.454 e. The maximum atomic E-state index is 12.5. The van der Waals surface area contributed by atoms with Crippen LogP contribution in [0.5, 0.6) is 0 Å². The molecule has 9 nitrogen and oxygen atoms in total. The monoisotopic (exact) mass is 454 g/mol. The molecule has 2 N–H and O–H groups in total. The minimum atomic E-state index is -4.21. The van der Waals surface area contributed by atoms with Crippen LogP contribution < -0.4 is 4.72 Å².